The summed E-state index contributed by atoms with van der Waals surface area (Å²) in [6.07, 6.45) is 1.67. The average molecular weight is 287 g/mol. The first-order chi connectivity index (χ1) is 8.71. The molecule has 6 heteroatoms. The van der Waals surface area contributed by atoms with Gasteiger partial charge in [0, 0.05) is 38.6 Å². The Kier molecular flexibility index (Phi) is 5.18. The summed E-state index contributed by atoms with van der Waals surface area (Å²) in [6.45, 7) is 6.62. The monoisotopic (exact) mass is 287 g/mol. The summed E-state index contributed by atoms with van der Waals surface area (Å²) in [5, 5.41) is 3.03. The lowest BCUT2D eigenvalue weighted by Gasteiger charge is -2.26. The van der Waals surface area contributed by atoms with E-state index in [1.54, 1.807) is 19.3 Å². The van der Waals surface area contributed by atoms with Gasteiger partial charge in [0.05, 0.1) is 0 Å². The quantitative estimate of drug-likeness (QED) is 0.860. The molecule has 0 radical (unpaired) electrons. The molecule has 0 bridgehead atoms. The lowest BCUT2D eigenvalue weighted by molar-refractivity contribution is 0.316. The van der Waals surface area contributed by atoms with Gasteiger partial charge in [-0.1, -0.05) is 13.8 Å². The fraction of sp³-hybridized carbons (Fsp3) is 0.692. The maximum absolute atomic E-state index is 12.5. The Bertz CT molecular complexity index is 520. The first-order valence-electron chi connectivity index (χ1n) is 6.49. The largest absolute Gasteiger partial charge is 0.352 e. The predicted octanol–water partition coefficient (Wildman–Crippen LogP) is 1.41. The molecule has 0 aliphatic rings. The Morgan fingerprint density at radius 2 is 1.95 bits per heavy atom. The van der Waals surface area contributed by atoms with Crippen LogP contribution in [0.1, 0.15) is 26.5 Å². The van der Waals surface area contributed by atoms with Crippen molar-refractivity contribution in [3.05, 3.63) is 18.0 Å². The van der Waals surface area contributed by atoms with Crippen LogP contribution in [-0.4, -0.2) is 37.4 Å². The first-order valence-corrected chi connectivity index (χ1v) is 7.93. The third kappa shape index (κ3) is 3.38. The second-order valence-corrected chi connectivity index (χ2v) is 7.31. The van der Waals surface area contributed by atoms with Crippen LogP contribution in [0.3, 0.4) is 0 Å². The van der Waals surface area contributed by atoms with Gasteiger partial charge in [-0.15, -0.1) is 0 Å². The SMILES string of the molecule is CNCc1cc(S(=O)(=O)N(C)C(C)C(C)C)cn1C. The molecule has 0 aliphatic heterocycles. The number of aryl methyl sites for hydroxylation is 1. The molecule has 1 N–H and O–H groups in total. The molecule has 0 aromatic carbocycles. The van der Waals surface area contributed by atoms with E-state index in [9.17, 15) is 8.42 Å². The van der Waals surface area contributed by atoms with Gasteiger partial charge in [0.25, 0.3) is 0 Å². The molecule has 1 aromatic rings. The maximum atomic E-state index is 12.5. The van der Waals surface area contributed by atoms with E-state index in [2.05, 4.69) is 5.32 Å². The van der Waals surface area contributed by atoms with Crippen molar-refractivity contribution in [2.45, 2.75) is 38.3 Å². The van der Waals surface area contributed by atoms with Crippen molar-refractivity contribution in [3.63, 3.8) is 0 Å². The number of aromatic nitrogens is 1. The Balaban J connectivity index is 3.10. The van der Waals surface area contributed by atoms with Gasteiger partial charge in [-0.2, -0.15) is 4.31 Å². The molecular formula is C13H25N3O2S. The van der Waals surface area contributed by atoms with E-state index in [4.69, 9.17) is 0 Å². The van der Waals surface area contributed by atoms with Gasteiger partial charge < -0.3 is 9.88 Å². The molecule has 5 nitrogen and oxygen atoms in total. The average Bonchev–Trinajstić information content (AvgIpc) is 2.70. The van der Waals surface area contributed by atoms with Crippen molar-refractivity contribution < 1.29 is 8.42 Å². The topological polar surface area (TPSA) is 54.3 Å². The van der Waals surface area contributed by atoms with Crippen LogP contribution >= 0.6 is 0 Å². The zero-order chi connectivity index (χ0) is 14.8. The molecule has 1 rings (SSSR count). The number of hydrogen-bond acceptors (Lipinski definition) is 3. The van der Waals surface area contributed by atoms with Crippen LogP contribution in [0.4, 0.5) is 0 Å². The number of nitrogens with one attached hydrogen (secondary N) is 1. The Morgan fingerprint density at radius 3 is 2.42 bits per heavy atom. The molecule has 1 atom stereocenters. The van der Waals surface area contributed by atoms with Crippen LogP contribution in [-0.2, 0) is 23.6 Å². The van der Waals surface area contributed by atoms with Crippen molar-refractivity contribution in [1.29, 1.82) is 0 Å². The molecule has 0 spiro atoms. The molecule has 1 unspecified atom stereocenters. The first kappa shape index (κ1) is 16.2. The molecule has 110 valence electrons. The summed E-state index contributed by atoms with van der Waals surface area (Å²) in [4.78, 5) is 0.357. The molecular weight excluding hydrogens is 262 g/mol. The third-order valence-electron chi connectivity index (χ3n) is 3.66. The second-order valence-electron chi connectivity index (χ2n) is 5.31. The lowest BCUT2D eigenvalue weighted by atomic mass is 10.1. The number of rotatable bonds is 6. The van der Waals surface area contributed by atoms with Crippen molar-refractivity contribution in [2.24, 2.45) is 13.0 Å². The number of nitrogens with zero attached hydrogens (tertiary/aromatic N) is 2. The Labute approximate surface area is 116 Å². The van der Waals surface area contributed by atoms with E-state index >= 15 is 0 Å². The molecule has 0 saturated heterocycles. The lowest BCUT2D eigenvalue weighted by Crippen LogP contribution is -2.38. The van der Waals surface area contributed by atoms with Gasteiger partial charge in [0.15, 0.2) is 0 Å². The molecule has 0 fully saturated rings. The standard InChI is InChI=1S/C13H25N3O2S/c1-10(2)11(3)16(6)19(17,18)13-7-12(8-14-4)15(5)9-13/h7,9-11,14H,8H2,1-6H3. The Hall–Kier alpha value is -0.850. The van der Waals surface area contributed by atoms with Crippen LogP contribution in [0, 0.1) is 5.92 Å². The highest BCUT2D eigenvalue weighted by Gasteiger charge is 2.28. The number of hydrogen-bond donors (Lipinski definition) is 1. The van der Waals surface area contributed by atoms with Gasteiger partial charge in [0.1, 0.15) is 4.90 Å². The molecule has 1 heterocycles. The zero-order valence-electron chi connectivity index (χ0n) is 12.6. The van der Waals surface area contributed by atoms with E-state index in [1.165, 1.54) is 4.31 Å². The fourth-order valence-electron chi connectivity index (χ4n) is 1.88. The summed E-state index contributed by atoms with van der Waals surface area (Å²) >= 11 is 0. The summed E-state index contributed by atoms with van der Waals surface area (Å²) in [5.41, 5.74) is 0.951. The van der Waals surface area contributed by atoms with E-state index < -0.39 is 10.0 Å². The van der Waals surface area contributed by atoms with Crippen LogP contribution in [0.15, 0.2) is 17.2 Å². The molecule has 0 saturated carbocycles. The van der Waals surface area contributed by atoms with Crippen molar-refractivity contribution in [2.75, 3.05) is 14.1 Å². The van der Waals surface area contributed by atoms with E-state index in [0.29, 0.717) is 11.4 Å². The van der Waals surface area contributed by atoms with Crippen LogP contribution in [0.5, 0.6) is 0 Å². The van der Waals surface area contributed by atoms with Gasteiger partial charge in [0.2, 0.25) is 10.0 Å². The van der Waals surface area contributed by atoms with Crippen LogP contribution in [0.25, 0.3) is 0 Å². The highest BCUT2D eigenvalue weighted by molar-refractivity contribution is 7.89. The van der Waals surface area contributed by atoms with Crippen LogP contribution < -0.4 is 5.32 Å². The number of sulfonamides is 1. The van der Waals surface area contributed by atoms with E-state index in [-0.39, 0.29) is 12.0 Å². The van der Waals surface area contributed by atoms with Crippen molar-refractivity contribution in [3.8, 4) is 0 Å². The maximum Gasteiger partial charge on any atom is 0.244 e. The zero-order valence-corrected chi connectivity index (χ0v) is 13.5. The summed E-state index contributed by atoms with van der Waals surface area (Å²) in [7, 11) is 1.93. The molecule has 19 heavy (non-hydrogen) atoms. The highest BCUT2D eigenvalue weighted by Crippen LogP contribution is 2.21. The van der Waals surface area contributed by atoms with Crippen LogP contribution in [0.2, 0.25) is 0 Å². The summed E-state index contributed by atoms with van der Waals surface area (Å²) in [5.74, 6) is 0.278. The van der Waals surface area contributed by atoms with Crippen molar-refractivity contribution in [1.82, 2.24) is 14.2 Å². The van der Waals surface area contributed by atoms with Gasteiger partial charge in [-0.25, -0.2) is 8.42 Å². The second kappa shape index (κ2) is 6.07. The van der Waals surface area contributed by atoms with Gasteiger partial charge >= 0.3 is 0 Å². The van der Waals surface area contributed by atoms with E-state index in [1.807, 2.05) is 39.4 Å². The predicted molar refractivity (Wildman–Crippen MR) is 77.4 cm³/mol. The minimum absolute atomic E-state index is 0.0297. The summed E-state index contributed by atoms with van der Waals surface area (Å²) < 4.78 is 28.4. The molecule has 0 aliphatic carbocycles. The normalized spacial score (nSPS) is 14.3. The fourth-order valence-corrected chi connectivity index (χ4v) is 3.47. The van der Waals surface area contributed by atoms with Gasteiger partial charge in [-0.05, 0) is 26.0 Å². The van der Waals surface area contributed by atoms with Crippen molar-refractivity contribution >= 4 is 10.0 Å². The van der Waals surface area contributed by atoms with E-state index in [0.717, 1.165) is 5.69 Å². The summed E-state index contributed by atoms with van der Waals surface area (Å²) in [6, 6.07) is 1.70. The molecule has 0 amide bonds. The third-order valence-corrected chi connectivity index (χ3v) is 5.57. The van der Waals surface area contributed by atoms with Gasteiger partial charge in [-0.3, -0.25) is 0 Å². The Morgan fingerprint density at radius 1 is 1.37 bits per heavy atom. The molecule has 1 aromatic heterocycles. The minimum Gasteiger partial charge on any atom is -0.352 e. The minimum atomic E-state index is -3.42. The highest BCUT2D eigenvalue weighted by atomic mass is 32.2. The smallest absolute Gasteiger partial charge is 0.244 e.